The predicted octanol–water partition coefficient (Wildman–Crippen LogP) is 1.55. The second kappa shape index (κ2) is 5.99. The molecule has 6 nitrogen and oxygen atoms in total. The summed E-state index contributed by atoms with van der Waals surface area (Å²) in [6.07, 6.45) is 1.32. The van der Waals surface area contributed by atoms with Gasteiger partial charge in [-0.05, 0) is 18.9 Å². The molecule has 2 aromatic rings. The highest BCUT2D eigenvalue weighted by Gasteiger charge is 2.12. The smallest absolute Gasteiger partial charge is 0.303 e. The molecule has 100 valence electrons. The van der Waals surface area contributed by atoms with Gasteiger partial charge in [-0.15, -0.1) is 0 Å². The molecule has 0 atom stereocenters. The largest absolute Gasteiger partial charge is 0.481 e. The molecule has 1 amide bonds. The van der Waals surface area contributed by atoms with E-state index in [-0.39, 0.29) is 12.3 Å². The molecule has 0 aliphatic heterocycles. The first-order valence-corrected chi connectivity index (χ1v) is 6.11. The average Bonchev–Trinajstić information content (AvgIpc) is 2.81. The van der Waals surface area contributed by atoms with E-state index in [1.165, 1.54) is 0 Å². The van der Waals surface area contributed by atoms with Crippen molar-refractivity contribution in [3.05, 3.63) is 30.0 Å². The molecule has 1 aromatic carbocycles. The van der Waals surface area contributed by atoms with E-state index in [1.807, 2.05) is 24.3 Å². The Labute approximate surface area is 109 Å². The van der Waals surface area contributed by atoms with Gasteiger partial charge in [0.05, 0.1) is 5.52 Å². The summed E-state index contributed by atoms with van der Waals surface area (Å²) in [5.74, 6) is -1.06. The van der Waals surface area contributed by atoms with Gasteiger partial charge in [-0.25, -0.2) is 0 Å². The summed E-state index contributed by atoms with van der Waals surface area (Å²) in [6.45, 7) is 0.452. The highest BCUT2D eigenvalue weighted by Crippen LogP contribution is 2.14. The zero-order valence-electron chi connectivity index (χ0n) is 10.3. The zero-order valence-corrected chi connectivity index (χ0v) is 10.3. The summed E-state index contributed by atoms with van der Waals surface area (Å²) in [4.78, 5) is 22.2. The van der Waals surface area contributed by atoms with Gasteiger partial charge in [-0.2, -0.15) is 5.10 Å². The SMILES string of the molecule is O=C(O)CCCCNC(=O)c1n[nH]c2ccccc12. The van der Waals surface area contributed by atoms with Crippen LogP contribution in [0.15, 0.2) is 24.3 Å². The van der Waals surface area contributed by atoms with E-state index >= 15 is 0 Å². The van der Waals surface area contributed by atoms with Crippen molar-refractivity contribution in [1.82, 2.24) is 15.5 Å². The number of carbonyl (C=O) groups is 2. The Bertz CT molecular complexity index is 592. The topological polar surface area (TPSA) is 95.1 Å². The molecule has 3 N–H and O–H groups in total. The molecule has 0 radical (unpaired) electrons. The highest BCUT2D eigenvalue weighted by molar-refractivity contribution is 6.04. The van der Waals surface area contributed by atoms with E-state index in [1.54, 1.807) is 0 Å². The van der Waals surface area contributed by atoms with Crippen LogP contribution in [0.3, 0.4) is 0 Å². The number of hydrogen-bond acceptors (Lipinski definition) is 3. The van der Waals surface area contributed by atoms with E-state index in [0.717, 1.165) is 10.9 Å². The Morgan fingerprint density at radius 3 is 2.84 bits per heavy atom. The van der Waals surface area contributed by atoms with Crippen LogP contribution in [0.25, 0.3) is 10.9 Å². The van der Waals surface area contributed by atoms with Crippen LogP contribution in [0.1, 0.15) is 29.8 Å². The summed E-state index contributed by atoms with van der Waals surface area (Å²) >= 11 is 0. The molecule has 0 spiro atoms. The maximum Gasteiger partial charge on any atom is 0.303 e. The minimum absolute atomic E-state index is 0.126. The molecular weight excluding hydrogens is 246 g/mol. The van der Waals surface area contributed by atoms with Gasteiger partial charge in [-0.1, -0.05) is 18.2 Å². The van der Waals surface area contributed by atoms with Gasteiger partial charge in [0, 0.05) is 18.4 Å². The number of unbranched alkanes of at least 4 members (excludes halogenated alkanes) is 1. The van der Waals surface area contributed by atoms with E-state index in [0.29, 0.717) is 25.1 Å². The standard InChI is InChI=1S/C13H15N3O3/c17-11(18)7-3-4-8-14-13(19)12-9-5-1-2-6-10(9)15-16-12/h1-2,5-6H,3-4,7-8H2,(H,14,19)(H,15,16)(H,17,18). The molecule has 2 rings (SSSR count). The van der Waals surface area contributed by atoms with Gasteiger partial charge < -0.3 is 10.4 Å². The number of aromatic amines is 1. The fourth-order valence-electron chi connectivity index (χ4n) is 1.82. The lowest BCUT2D eigenvalue weighted by molar-refractivity contribution is -0.137. The van der Waals surface area contributed by atoms with Crippen LogP contribution in [0.2, 0.25) is 0 Å². The van der Waals surface area contributed by atoms with Crippen LogP contribution >= 0.6 is 0 Å². The highest BCUT2D eigenvalue weighted by atomic mass is 16.4. The molecule has 6 heteroatoms. The second-order valence-corrected chi connectivity index (χ2v) is 4.22. The Hall–Kier alpha value is -2.37. The van der Waals surface area contributed by atoms with Crippen LogP contribution in [0.5, 0.6) is 0 Å². The van der Waals surface area contributed by atoms with Gasteiger partial charge in [0.1, 0.15) is 0 Å². The molecule has 1 heterocycles. The Kier molecular flexibility index (Phi) is 4.12. The van der Waals surface area contributed by atoms with Crippen molar-refractivity contribution in [3.8, 4) is 0 Å². The summed E-state index contributed by atoms with van der Waals surface area (Å²) in [6, 6.07) is 7.40. The van der Waals surface area contributed by atoms with Crippen molar-refractivity contribution in [2.75, 3.05) is 6.54 Å². The minimum Gasteiger partial charge on any atom is -0.481 e. The first-order valence-electron chi connectivity index (χ1n) is 6.11. The number of amides is 1. The lowest BCUT2D eigenvalue weighted by atomic mass is 10.2. The number of fused-ring (bicyclic) bond motifs is 1. The number of carbonyl (C=O) groups excluding carboxylic acids is 1. The van der Waals surface area contributed by atoms with Crippen LogP contribution in [-0.2, 0) is 4.79 Å². The fourth-order valence-corrected chi connectivity index (χ4v) is 1.82. The number of nitrogens with zero attached hydrogens (tertiary/aromatic N) is 1. The van der Waals surface area contributed by atoms with Crippen molar-refractivity contribution in [3.63, 3.8) is 0 Å². The summed E-state index contributed by atoms with van der Waals surface area (Å²) in [5.41, 5.74) is 1.19. The number of hydrogen-bond donors (Lipinski definition) is 3. The van der Waals surface area contributed by atoms with Gasteiger partial charge in [-0.3, -0.25) is 14.7 Å². The molecule has 0 saturated heterocycles. The van der Waals surface area contributed by atoms with Crippen LogP contribution in [-0.4, -0.2) is 33.7 Å². The number of aromatic nitrogens is 2. The van der Waals surface area contributed by atoms with Gasteiger partial charge >= 0.3 is 5.97 Å². The number of benzene rings is 1. The van der Waals surface area contributed by atoms with Crippen LogP contribution in [0.4, 0.5) is 0 Å². The van der Waals surface area contributed by atoms with Crippen molar-refractivity contribution in [2.24, 2.45) is 0 Å². The quantitative estimate of drug-likeness (QED) is 0.687. The normalized spacial score (nSPS) is 10.5. The number of aliphatic carboxylic acids is 1. The van der Waals surface area contributed by atoms with E-state index in [4.69, 9.17) is 5.11 Å². The number of carboxylic acid groups (broad SMARTS) is 1. The zero-order chi connectivity index (χ0) is 13.7. The first kappa shape index (κ1) is 13.1. The molecule has 0 unspecified atom stereocenters. The maximum atomic E-state index is 11.9. The van der Waals surface area contributed by atoms with Crippen molar-refractivity contribution >= 4 is 22.8 Å². The number of H-pyrrole nitrogens is 1. The van der Waals surface area contributed by atoms with Gasteiger partial charge in [0.25, 0.3) is 5.91 Å². The van der Waals surface area contributed by atoms with Crippen molar-refractivity contribution in [1.29, 1.82) is 0 Å². The van der Waals surface area contributed by atoms with E-state index in [9.17, 15) is 9.59 Å². The lowest BCUT2D eigenvalue weighted by Crippen LogP contribution is -2.25. The minimum atomic E-state index is -0.815. The molecule has 0 saturated carbocycles. The summed E-state index contributed by atoms with van der Waals surface area (Å²) < 4.78 is 0. The third-order valence-corrected chi connectivity index (χ3v) is 2.79. The number of carboxylic acids is 1. The Morgan fingerprint density at radius 2 is 2.05 bits per heavy atom. The summed E-state index contributed by atoms with van der Waals surface area (Å²) in [5, 5.41) is 18.8. The van der Waals surface area contributed by atoms with E-state index in [2.05, 4.69) is 15.5 Å². The molecule has 19 heavy (non-hydrogen) atoms. The second-order valence-electron chi connectivity index (χ2n) is 4.22. The molecule has 0 aliphatic rings. The van der Waals surface area contributed by atoms with Crippen molar-refractivity contribution < 1.29 is 14.7 Å². The lowest BCUT2D eigenvalue weighted by Gasteiger charge is -2.02. The molecule has 0 fully saturated rings. The molecule has 0 aliphatic carbocycles. The Morgan fingerprint density at radius 1 is 1.26 bits per heavy atom. The predicted molar refractivity (Wildman–Crippen MR) is 69.9 cm³/mol. The third kappa shape index (κ3) is 3.31. The summed E-state index contributed by atoms with van der Waals surface area (Å²) in [7, 11) is 0. The third-order valence-electron chi connectivity index (χ3n) is 2.79. The molecule has 1 aromatic heterocycles. The first-order chi connectivity index (χ1) is 9.18. The van der Waals surface area contributed by atoms with Gasteiger partial charge in [0.15, 0.2) is 5.69 Å². The Balaban J connectivity index is 1.88. The fraction of sp³-hybridized carbons (Fsp3) is 0.308. The van der Waals surface area contributed by atoms with E-state index < -0.39 is 5.97 Å². The van der Waals surface area contributed by atoms with Gasteiger partial charge in [0.2, 0.25) is 0 Å². The monoisotopic (exact) mass is 261 g/mol. The van der Waals surface area contributed by atoms with Crippen LogP contribution < -0.4 is 5.32 Å². The van der Waals surface area contributed by atoms with Crippen LogP contribution in [0, 0.1) is 0 Å². The molecular formula is C13H15N3O3. The number of nitrogens with one attached hydrogen (secondary N) is 2. The maximum absolute atomic E-state index is 11.9. The number of rotatable bonds is 6. The van der Waals surface area contributed by atoms with Crippen molar-refractivity contribution in [2.45, 2.75) is 19.3 Å². The molecule has 0 bridgehead atoms. The number of para-hydroxylation sites is 1. The average molecular weight is 261 g/mol.